The van der Waals surface area contributed by atoms with Gasteiger partial charge in [0.05, 0.1) is 7.11 Å². The van der Waals surface area contributed by atoms with E-state index in [0.717, 1.165) is 12.2 Å². The van der Waals surface area contributed by atoms with Crippen LogP contribution < -0.4 is 10.6 Å². The van der Waals surface area contributed by atoms with Gasteiger partial charge in [0.25, 0.3) is 0 Å². The van der Waals surface area contributed by atoms with Gasteiger partial charge < -0.3 is 20.1 Å². The molecule has 0 aromatic heterocycles. The van der Waals surface area contributed by atoms with Gasteiger partial charge in [0.2, 0.25) is 11.8 Å². The molecule has 0 heterocycles. The standard InChI is InChI=1S/C19H32N2O6/c1-12(2)19(8,16(25)27-17(3,4)5)21-14(23)11-10-13(22)20-18(6,7)15(24)26-9/h10-12H,1-9H3,(H,20,22)(H,21,23)/b11-10+/t19-/m0/s1. The Hall–Kier alpha value is -2.38. The van der Waals surface area contributed by atoms with Crippen molar-refractivity contribution >= 4 is 23.8 Å². The van der Waals surface area contributed by atoms with Crippen LogP contribution in [-0.4, -0.2) is 47.5 Å². The Kier molecular flexibility index (Phi) is 8.22. The van der Waals surface area contributed by atoms with Crippen LogP contribution in [0, 0.1) is 5.92 Å². The first-order chi connectivity index (χ1) is 12.0. The Morgan fingerprint density at radius 1 is 0.815 bits per heavy atom. The first-order valence-corrected chi connectivity index (χ1v) is 8.69. The van der Waals surface area contributed by atoms with Gasteiger partial charge in [-0.2, -0.15) is 0 Å². The van der Waals surface area contributed by atoms with Crippen LogP contribution in [0.4, 0.5) is 0 Å². The number of carbonyl (C=O) groups excluding carboxylic acids is 4. The lowest BCUT2D eigenvalue weighted by atomic mass is 9.88. The number of ether oxygens (including phenoxy) is 2. The third kappa shape index (κ3) is 7.80. The molecule has 0 aromatic carbocycles. The van der Waals surface area contributed by atoms with Crippen LogP contribution in [0.15, 0.2) is 12.2 Å². The van der Waals surface area contributed by atoms with Gasteiger partial charge >= 0.3 is 11.9 Å². The van der Waals surface area contributed by atoms with Crippen LogP contribution >= 0.6 is 0 Å². The molecule has 8 nitrogen and oxygen atoms in total. The highest BCUT2D eigenvalue weighted by molar-refractivity contribution is 6.00. The van der Waals surface area contributed by atoms with E-state index in [2.05, 4.69) is 15.4 Å². The van der Waals surface area contributed by atoms with Crippen molar-refractivity contribution in [3.8, 4) is 0 Å². The second kappa shape index (κ2) is 9.01. The van der Waals surface area contributed by atoms with Crippen LogP contribution in [0.1, 0.15) is 55.4 Å². The highest BCUT2D eigenvalue weighted by Gasteiger charge is 2.41. The molecule has 0 aliphatic heterocycles. The summed E-state index contributed by atoms with van der Waals surface area (Å²) in [7, 11) is 1.21. The molecule has 8 heteroatoms. The largest absolute Gasteiger partial charge is 0.467 e. The summed E-state index contributed by atoms with van der Waals surface area (Å²) in [6.45, 7) is 13.3. The van der Waals surface area contributed by atoms with Crippen molar-refractivity contribution in [2.45, 2.75) is 72.1 Å². The van der Waals surface area contributed by atoms with E-state index in [9.17, 15) is 19.2 Å². The van der Waals surface area contributed by atoms with Crippen LogP contribution in [0.5, 0.6) is 0 Å². The molecule has 0 unspecified atom stereocenters. The Labute approximate surface area is 161 Å². The summed E-state index contributed by atoms with van der Waals surface area (Å²) in [5.74, 6) is -2.72. The number of nitrogens with one attached hydrogen (secondary N) is 2. The van der Waals surface area contributed by atoms with Gasteiger partial charge in [0.1, 0.15) is 16.7 Å². The molecule has 0 saturated carbocycles. The number of methoxy groups -OCH3 is 1. The van der Waals surface area contributed by atoms with Crippen molar-refractivity contribution in [2.24, 2.45) is 5.92 Å². The summed E-state index contributed by atoms with van der Waals surface area (Å²) in [5, 5.41) is 5.03. The first-order valence-electron chi connectivity index (χ1n) is 8.69. The molecule has 0 radical (unpaired) electrons. The van der Waals surface area contributed by atoms with Gasteiger partial charge in [-0.05, 0) is 47.5 Å². The van der Waals surface area contributed by atoms with E-state index < -0.39 is 40.4 Å². The zero-order valence-corrected chi connectivity index (χ0v) is 17.7. The quantitative estimate of drug-likeness (QED) is 0.508. The lowest BCUT2D eigenvalue weighted by molar-refractivity contribution is -0.165. The monoisotopic (exact) mass is 384 g/mol. The van der Waals surface area contributed by atoms with E-state index in [4.69, 9.17) is 4.74 Å². The molecular weight excluding hydrogens is 352 g/mol. The van der Waals surface area contributed by atoms with Gasteiger partial charge in [0.15, 0.2) is 0 Å². The summed E-state index contributed by atoms with van der Waals surface area (Å²) >= 11 is 0. The Morgan fingerprint density at radius 3 is 1.63 bits per heavy atom. The fourth-order valence-electron chi connectivity index (χ4n) is 1.92. The summed E-state index contributed by atoms with van der Waals surface area (Å²) < 4.78 is 9.98. The normalized spacial score (nSPS) is 14.4. The van der Waals surface area contributed by atoms with Gasteiger partial charge in [-0.15, -0.1) is 0 Å². The summed E-state index contributed by atoms with van der Waals surface area (Å²) in [4.78, 5) is 48.2. The number of rotatable bonds is 7. The molecule has 154 valence electrons. The molecule has 0 aromatic rings. The molecule has 2 amide bonds. The minimum absolute atomic E-state index is 0.253. The minimum Gasteiger partial charge on any atom is -0.467 e. The average Bonchev–Trinajstić information content (AvgIpc) is 2.49. The SMILES string of the molecule is COC(=O)C(C)(C)NC(=O)/C=C/C(=O)N[C@](C)(C(=O)OC(C)(C)C)C(C)C. The third-order valence-corrected chi connectivity index (χ3v) is 3.88. The topological polar surface area (TPSA) is 111 Å². The zero-order valence-electron chi connectivity index (χ0n) is 17.7. The van der Waals surface area contributed by atoms with Gasteiger partial charge in [-0.3, -0.25) is 9.59 Å². The number of carbonyl (C=O) groups is 4. The highest BCUT2D eigenvalue weighted by atomic mass is 16.6. The van der Waals surface area contributed by atoms with Gasteiger partial charge in [-0.25, -0.2) is 9.59 Å². The van der Waals surface area contributed by atoms with Gasteiger partial charge in [-0.1, -0.05) is 13.8 Å². The fourth-order valence-corrected chi connectivity index (χ4v) is 1.92. The van der Waals surface area contributed by atoms with Crippen LogP contribution in [-0.2, 0) is 28.7 Å². The molecule has 0 rings (SSSR count). The molecule has 0 aliphatic rings. The van der Waals surface area contributed by atoms with Crippen LogP contribution in [0.2, 0.25) is 0 Å². The van der Waals surface area contributed by atoms with E-state index >= 15 is 0 Å². The van der Waals surface area contributed by atoms with E-state index in [-0.39, 0.29) is 5.92 Å². The van der Waals surface area contributed by atoms with Crippen molar-refractivity contribution < 1.29 is 28.7 Å². The zero-order chi connectivity index (χ0) is 21.6. The number of esters is 2. The molecule has 27 heavy (non-hydrogen) atoms. The fraction of sp³-hybridized carbons (Fsp3) is 0.684. The van der Waals surface area contributed by atoms with E-state index in [1.54, 1.807) is 41.5 Å². The van der Waals surface area contributed by atoms with Crippen molar-refractivity contribution in [2.75, 3.05) is 7.11 Å². The summed E-state index contributed by atoms with van der Waals surface area (Å²) in [5.41, 5.74) is -3.21. The van der Waals surface area contributed by atoms with Crippen LogP contribution in [0.3, 0.4) is 0 Å². The molecule has 0 fully saturated rings. The maximum atomic E-state index is 12.5. The summed E-state index contributed by atoms with van der Waals surface area (Å²) in [6, 6.07) is 0. The maximum Gasteiger partial charge on any atom is 0.332 e. The second-order valence-corrected chi connectivity index (χ2v) is 8.29. The molecule has 0 spiro atoms. The smallest absolute Gasteiger partial charge is 0.332 e. The number of hydrogen-bond acceptors (Lipinski definition) is 6. The van der Waals surface area contributed by atoms with Gasteiger partial charge in [0, 0.05) is 12.2 Å². The maximum absolute atomic E-state index is 12.5. The predicted octanol–water partition coefficient (Wildman–Crippen LogP) is 1.48. The highest BCUT2D eigenvalue weighted by Crippen LogP contribution is 2.22. The third-order valence-electron chi connectivity index (χ3n) is 3.88. The summed E-state index contributed by atoms with van der Waals surface area (Å²) in [6.07, 6.45) is 1.98. The Balaban J connectivity index is 5.12. The van der Waals surface area contributed by atoms with E-state index in [1.165, 1.54) is 21.0 Å². The molecule has 1 atom stereocenters. The molecule has 0 bridgehead atoms. The molecule has 0 aliphatic carbocycles. The predicted molar refractivity (Wildman–Crippen MR) is 101 cm³/mol. The Bertz CT molecular complexity index is 616. The average molecular weight is 384 g/mol. The molecule has 2 N–H and O–H groups in total. The van der Waals surface area contributed by atoms with Crippen molar-refractivity contribution in [1.29, 1.82) is 0 Å². The number of amides is 2. The second-order valence-electron chi connectivity index (χ2n) is 8.29. The first kappa shape index (κ1) is 24.6. The Morgan fingerprint density at radius 2 is 1.26 bits per heavy atom. The molecular formula is C19H32N2O6. The lowest BCUT2D eigenvalue weighted by Gasteiger charge is -2.34. The molecule has 0 saturated heterocycles. The van der Waals surface area contributed by atoms with Crippen LogP contribution in [0.25, 0.3) is 0 Å². The van der Waals surface area contributed by atoms with Crippen molar-refractivity contribution in [1.82, 2.24) is 10.6 Å². The van der Waals surface area contributed by atoms with E-state index in [0.29, 0.717) is 0 Å². The number of hydrogen-bond donors (Lipinski definition) is 2. The van der Waals surface area contributed by atoms with Crippen molar-refractivity contribution in [3.63, 3.8) is 0 Å². The van der Waals surface area contributed by atoms with Crippen molar-refractivity contribution in [3.05, 3.63) is 12.2 Å². The lowest BCUT2D eigenvalue weighted by Crippen LogP contribution is -2.57. The minimum atomic E-state index is -1.27. The van der Waals surface area contributed by atoms with E-state index in [1.807, 2.05) is 0 Å².